The summed E-state index contributed by atoms with van der Waals surface area (Å²) in [5, 5.41) is 3.22. The van der Waals surface area contributed by atoms with Gasteiger partial charge in [-0.15, -0.1) is 0 Å². The molecular formula is C14H19FN2O3. The number of carbonyl (C=O) groups is 1. The summed E-state index contributed by atoms with van der Waals surface area (Å²) in [5.41, 5.74) is 6.36. The van der Waals surface area contributed by atoms with Crippen LogP contribution < -0.4 is 11.1 Å². The van der Waals surface area contributed by atoms with E-state index in [9.17, 15) is 9.18 Å². The molecule has 6 heteroatoms. The summed E-state index contributed by atoms with van der Waals surface area (Å²) >= 11 is 0. The molecule has 3 N–H and O–H groups in total. The van der Waals surface area contributed by atoms with Crippen molar-refractivity contribution in [1.82, 2.24) is 0 Å². The topological polar surface area (TPSA) is 73.6 Å². The third-order valence-electron chi connectivity index (χ3n) is 3.58. The lowest BCUT2D eigenvalue weighted by molar-refractivity contribution is 0.0595. The average Bonchev–Trinajstić information content (AvgIpc) is 2.71. The number of nitrogens with one attached hydrogen (secondary N) is 1. The number of ether oxygens (including phenoxy) is 2. The molecule has 110 valence electrons. The Morgan fingerprint density at radius 3 is 2.80 bits per heavy atom. The Hall–Kier alpha value is -1.82. The van der Waals surface area contributed by atoms with Crippen molar-refractivity contribution in [2.45, 2.75) is 19.9 Å². The minimum atomic E-state index is -0.729. The number of benzene rings is 1. The second kappa shape index (κ2) is 5.28. The lowest BCUT2D eigenvalue weighted by Crippen LogP contribution is -2.35. The number of hydrogen-bond acceptors (Lipinski definition) is 5. The normalized spacial score (nSPS) is 20.7. The van der Waals surface area contributed by atoms with Gasteiger partial charge >= 0.3 is 5.97 Å². The molecule has 1 fully saturated rings. The Kier molecular flexibility index (Phi) is 3.85. The molecule has 1 heterocycles. The van der Waals surface area contributed by atoms with E-state index in [0.717, 1.165) is 6.07 Å². The van der Waals surface area contributed by atoms with Crippen LogP contribution in [-0.2, 0) is 9.47 Å². The van der Waals surface area contributed by atoms with E-state index in [1.165, 1.54) is 13.2 Å². The van der Waals surface area contributed by atoms with Gasteiger partial charge in [-0.25, -0.2) is 9.18 Å². The second-order valence-electron chi connectivity index (χ2n) is 5.61. The number of rotatable bonds is 3. The zero-order chi connectivity index (χ0) is 14.9. The highest BCUT2D eigenvalue weighted by molar-refractivity contribution is 5.92. The van der Waals surface area contributed by atoms with Gasteiger partial charge < -0.3 is 20.5 Å². The summed E-state index contributed by atoms with van der Waals surface area (Å²) in [6.07, 6.45) is 0. The Labute approximate surface area is 117 Å². The fourth-order valence-corrected chi connectivity index (χ4v) is 2.17. The molecule has 1 aromatic rings. The molecule has 5 nitrogen and oxygen atoms in total. The Morgan fingerprint density at radius 1 is 1.55 bits per heavy atom. The fourth-order valence-electron chi connectivity index (χ4n) is 2.17. The summed E-state index contributed by atoms with van der Waals surface area (Å²) in [7, 11) is 1.21. The Morgan fingerprint density at radius 2 is 2.25 bits per heavy atom. The maximum absolute atomic E-state index is 13.7. The number of anilines is 2. The quantitative estimate of drug-likeness (QED) is 0.655. The van der Waals surface area contributed by atoms with Crippen LogP contribution in [0.15, 0.2) is 12.1 Å². The summed E-state index contributed by atoms with van der Waals surface area (Å²) in [6.45, 7) is 5.31. The van der Waals surface area contributed by atoms with E-state index < -0.39 is 11.8 Å². The van der Waals surface area contributed by atoms with Gasteiger partial charge in [0.05, 0.1) is 43.3 Å². The highest BCUT2D eigenvalue weighted by atomic mass is 19.1. The molecule has 1 aliphatic heterocycles. The van der Waals surface area contributed by atoms with E-state index in [1.807, 2.05) is 0 Å². The fraction of sp³-hybridized carbons (Fsp3) is 0.500. The maximum atomic E-state index is 13.7. The lowest BCUT2D eigenvalue weighted by Gasteiger charge is -2.27. The molecular weight excluding hydrogens is 263 g/mol. The molecule has 1 aromatic carbocycles. The third-order valence-corrected chi connectivity index (χ3v) is 3.58. The predicted molar refractivity (Wildman–Crippen MR) is 74.2 cm³/mol. The number of nitrogen functional groups attached to an aromatic ring is 1. The van der Waals surface area contributed by atoms with Crippen molar-refractivity contribution >= 4 is 17.3 Å². The van der Waals surface area contributed by atoms with Crippen molar-refractivity contribution < 1.29 is 18.7 Å². The zero-order valence-corrected chi connectivity index (χ0v) is 11.8. The first kappa shape index (κ1) is 14.6. The molecule has 0 saturated carbocycles. The van der Waals surface area contributed by atoms with Gasteiger partial charge in [-0.05, 0) is 12.1 Å². The van der Waals surface area contributed by atoms with E-state index in [2.05, 4.69) is 23.9 Å². The molecule has 0 aromatic heterocycles. The van der Waals surface area contributed by atoms with Crippen molar-refractivity contribution in [2.24, 2.45) is 5.41 Å². The standard InChI is InChI=1S/C14H19FN2O3/c1-14(2)7-20-6-12(14)17-11-4-8(13(18)19-3)9(15)5-10(11)16/h4-5,12,17H,6-7,16H2,1-3H3. The van der Waals surface area contributed by atoms with Crippen LogP contribution in [0.1, 0.15) is 24.2 Å². The lowest BCUT2D eigenvalue weighted by atomic mass is 9.87. The van der Waals surface area contributed by atoms with Crippen LogP contribution in [0.2, 0.25) is 0 Å². The highest BCUT2D eigenvalue weighted by Crippen LogP contribution is 2.32. The number of hydrogen-bond donors (Lipinski definition) is 2. The first-order chi connectivity index (χ1) is 9.35. The third kappa shape index (κ3) is 2.70. The van der Waals surface area contributed by atoms with Crippen LogP contribution in [0.25, 0.3) is 0 Å². The van der Waals surface area contributed by atoms with Crippen LogP contribution >= 0.6 is 0 Å². The van der Waals surface area contributed by atoms with Gasteiger partial charge in [0.25, 0.3) is 0 Å². The molecule has 1 aliphatic rings. The number of nitrogens with two attached hydrogens (primary N) is 1. The molecule has 0 amide bonds. The van der Waals surface area contributed by atoms with Gasteiger partial charge in [0.1, 0.15) is 5.82 Å². The molecule has 2 rings (SSSR count). The van der Waals surface area contributed by atoms with Crippen molar-refractivity contribution in [3.8, 4) is 0 Å². The molecule has 0 bridgehead atoms. The summed E-state index contributed by atoms with van der Waals surface area (Å²) < 4.78 is 23.7. The smallest absolute Gasteiger partial charge is 0.340 e. The van der Waals surface area contributed by atoms with Gasteiger partial charge in [0.2, 0.25) is 0 Å². The molecule has 1 atom stereocenters. The summed E-state index contributed by atoms with van der Waals surface area (Å²) in [5.74, 6) is -1.42. The van der Waals surface area contributed by atoms with E-state index in [0.29, 0.717) is 18.9 Å². The van der Waals surface area contributed by atoms with Crippen LogP contribution in [0, 0.1) is 11.2 Å². The van der Waals surface area contributed by atoms with E-state index in [1.54, 1.807) is 0 Å². The minimum absolute atomic E-state index is 0.0424. The molecule has 0 aliphatic carbocycles. The predicted octanol–water partition coefficient (Wildman–Crippen LogP) is 2.03. The first-order valence-electron chi connectivity index (χ1n) is 6.37. The minimum Gasteiger partial charge on any atom is -0.465 e. The molecule has 1 unspecified atom stereocenters. The number of methoxy groups -OCH3 is 1. The summed E-state index contributed by atoms with van der Waals surface area (Å²) in [4.78, 5) is 11.5. The number of esters is 1. The van der Waals surface area contributed by atoms with E-state index in [-0.39, 0.29) is 22.7 Å². The zero-order valence-electron chi connectivity index (χ0n) is 11.8. The molecule has 20 heavy (non-hydrogen) atoms. The second-order valence-corrected chi connectivity index (χ2v) is 5.61. The Bertz CT molecular complexity index is 531. The van der Waals surface area contributed by atoms with Gasteiger partial charge in [-0.2, -0.15) is 0 Å². The Balaban J connectivity index is 2.30. The average molecular weight is 282 g/mol. The number of halogens is 1. The van der Waals surface area contributed by atoms with Crippen LogP contribution in [0.4, 0.5) is 15.8 Å². The van der Waals surface area contributed by atoms with Crippen molar-refractivity contribution in [1.29, 1.82) is 0 Å². The van der Waals surface area contributed by atoms with Gasteiger partial charge in [-0.1, -0.05) is 13.8 Å². The van der Waals surface area contributed by atoms with Gasteiger partial charge in [0, 0.05) is 5.41 Å². The largest absolute Gasteiger partial charge is 0.465 e. The van der Waals surface area contributed by atoms with Crippen molar-refractivity contribution in [2.75, 3.05) is 31.4 Å². The van der Waals surface area contributed by atoms with Crippen LogP contribution in [0.5, 0.6) is 0 Å². The molecule has 1 saturated heterocycles. The molecule has 0 spiro atoms. The molecule has 0 radical (unpaired) electrons. The van der Waals surface area contributed by atoms with E-state index >= 15 is 0 Å². The monoisotopic (exact) mass is 282 g/mol. The van der Waals surface area contributed by atoms with Crippen molar-refractivity contribution in [3.63, 3.8) is 0 Å². The van der Waals surface area contributed by atoms with Gasteiger partial charge in [0.15, 0.2) is 0 Å². The SMILES string of the molecule is COC(=O)c1cc(NC2COCC2(C)C)c(N)cc1F. The van der Waals surface area contributed by atoms with Gasteiger partial charge in [-0.3, -0.25) is 0 Å². The van der Waals surface area contributed by atoms with Crippen LogP contribution in [-0.4, -0.2) is 32.3 Å². The summed E-state index contributed by atoms with van der Waals surface area (Å²) in [6, 6.07) is 2.54. The first-order valence-corrected chi connectivity index (χ1v) is 6.37. The number of carbonyl (C=O) groups excluding carboxylic acids is 1. The van der Waals surface area contributed by atoms with Crippen LogP contribution in [0.3, 0.4) is 0 Å². The van der Waals surface area contributed by atoms with Crippen molar-refractivity contribution in [3.05, 3.63) is 23.5 Å². The van der Waals surface area contributed by atoms with E-state index in [4.69, 9.17) is 10.5 Å². The highest BCUT2D eigenvalue weighted by Gasteiger charge is 2.36. The maximum Gasteiger partial charge on any atom is 0.340 e.